The number of aromatic nitrogens is 2. The summed E-state index contributed by atoms with van der Waals surface area (Å²) < 4.78 is 4.83. The second-order valence-corrected chi connectivity index (χ2v) is 27.5. The van der Waals surface area contributed by atoms with Crippen LogP contribution in [0.4, 0.5) is 0 Å². The monoisotopic (exact) mass is 1240 g/mol. The van der Waals surface area contributed by atoms with Gasteiger partial charge in [0.1, 0.15) is 0 Å². The molecule has 0 saturated carbocycles. The SMILES string of the molecule is Cc1ccc(C2CCC3=C(c4ccc5c6ccc(-c7ccc8c(c7)C(=O)CC(c7ccccc7)CCc7c(-c9ccc%10c(c9)c9ccccc9n%10-c9ccccc9)c9ccccc9n7-8)cc6c6ccccc6c5c4)c4ccccc4CCC3Cc3ccccc3C(=O)C2)c(C)c1. The molecule has 0 N–H and O–H groups in total. The van der Waals surface area contributed by atoms with Crippen molar-refractivity contribution in [2.24, 2.45) is 5.92 Å². The Kier molecular flexibility index (Phi) is 14.1. The van der Waals surface area contributed by atoms with E-state index in [2.05, 4.69) is 290 Å². The van der Waals surface area contributed by atoms with Gasteiger partial charge >= 0.3 is 0 Å². The Bertz CT molecular complexity index is 5700. The summed E-state index contributed by atoms with van der Waals surface area (Å²) >= 11 is 0. The molecular weight excluding hydrogens is 1170 g/mol. The molecule has 0 amide bonds. The summed E-state index contributed by atoms with van der Waals surface area (Å²) in [5.41, 5.74) is 25.9. The van der Waals surface area contributed by atoms with Crippen molar-refractivity contribution in [3.63, 3.8) is 0 Å². The van der Waals surface area contributed by atoms with Gasteiger partial charge in [-0.2, -0.15) is 0 Å². The highest BCUT2D eigenvalue weighted by Crippen LogP contribution is 2.49. The fourth-order valence-corrected chi connectivity index (χ4v) is 17.6. The van der Waals surface area contributed by atoms with E-state index in [0.29, 0.717) is 12.8 Å². The molecule has 462 valence electrons. The average Bonchev–Trinajstić information content (AvgIpc) is 1.47. The van der Waals surface area contributed by atoms with Crippen LogP contribution in [0.25, 0.3) is 104 Å². The van der Waals surface area contributed by atoms with Crippen LogP contribution in [0, 0.1) is 19.8 Å². The standard InChI is InChI=1S/C92H72N2O2/c1-57-33-42-70(58(2)49-57)66-37-43-73-65(50-64-22-10-11-25-71(64)89(95)56-66)35-34-60-21-9-12-26-72(60)91(73)67-38-45-77-76-44-36-61(51-80(76)74-27-13-14-28-75(74)81(77)53-67)62-39-46-87-83(52-62)90(96)55-63(59-19-5-3-6-20-59)40-48-88-92(79-30-16-18-32-85(79)94(87)88)68-41-47-86-82(54-68)78-29-15-17-31-84(78)93(86)69-23-7-4-8-24-69/h3-33,36,38-39,41-42,44-47,49,51-54,63,65-66H,34-35,37,40,43,48,50,55-56H2,1-2H3. The molecule has 15 aromatic rings. The molecule has 0 bridgehead atoms. The van der Waals surface area contributed by atoms with Crippen molar-refractivity contribution in [2.45, 2.75) is 83.5 Å². The van der Waals surface area contributed by atoms with Crippen molar-refractivity contribution in [1.82, 2.24) is 9.13 Å². The summed E-state index contributed by atoms with van der Waals surface area (Å²) in [7, 11) is 0. The summed E-state index contributed by atoms with van der Waals surface area (Å²) in [6, 6.07) is 100. The number of fused-ring (bicyclic) bond motifs is 17. The van der Waals surface area contributed by atoms with E-state index in [-0.39, 0.29) is 29.3 Å². The van der Waals surface area contributed by atoms with Gasteiger partial charge < -0.3 is 9.13 Å². The molecule has 96 heavy (non-hydrogen) atoms. The van der Waals surface area contributed by atoms with Crippen molar-refractivity contribution < 1.29 is 9.59 Å². The number of ketones is 2. The highest BCUT2D eigenvalue weighted by atomic mass is 16.1. The van der Waals surface area contributed by atoms with Gasteiger partial charge in [0.15, 0.2) is 11.6 Å². The van der Waals surface area contributed by atoms with Crippen molar-refractivity contribution in [3.05, 3.63) is 340 Å². The van der Waals surface area contributed by atoms with Crippen molar-refractivity contribution >= 4 is 82.2 Å². The molecule has 0 radical (unpaired) electrons. The lowest BCUT2D eigenvalue weighted by Gasteiger charge is -2.28. The van der Waals surface area contributed by atoms with Crippen LogP contribution in [0.2, 0.25) is 0 Å². The summed E-state index contributed by atoms with van der Waals surface area (Å²) in [5, 5.41) is 10.9. The van der Waals surface area contributed by atoms with Crippen LogP contribution in [-0.2, 0) is 19.3 Å². The van der Waals surface area contributed by atoms with Crippen molar-refractivity contribution in [2.75, 3.05) is 0 Å². The molecule has 3 unspecified atom stereocenters. The number of nitrogens with zero attached hydrogens (tertiary/aromatic N) is 2. The highest BCUT2D eigenvalue weighted by Gasteiger charge is 2.33. The van der Waals surface area contributed by atoms with E-state index in [1.807, 2.05) is 6.07 Å². The lowest BCUT2D eigenvalue weighted by molar-refractivity contribution is 0.0963. The Labute approximate surface area is 560 Å². The maximum atomic E-state index is 15.6. The van der Waals surface area contributed by atoms with Crippen LogP contribution in [0.3, 0.4) is 0 Å². The average molecular weight is 1240 g/mol. The van der Waals surface area contributed by atoms with Crippen molar-refractivity contribution in [1.29, 1.82) is 0 Å². The second-order valence-electron chi connectivity index (χ2n) is 27.5. The van der Waals surface area contributed by atoms with E-state index in [1.54, 1.807) is 0 Å². The number of allylic oxidation sites excluding steroid dienone is 1. The molecule has 2 aliphatic carbocycles. The number of carbonyl (C=O) groups is 2. The van der Waals surface area contributed by atoms with Gasteiger partial charge in [0, 0.05) is 57.1 Å². The van der Waals surface area contributed by atoms with Gasteiger partial charge in [0.05, 0.1) is 22.2 Å². The van der Waals surface area contributed by atoms with Gasteiger partial charge in [-0.15, -0.1) is 0 Å². The molecular formula is C92H72N2O2. The molecule has 1 aliphatic heterocycles. The van der Waals surface area contributed by atoms with Gasteiger partial charge in [-0.05, 0) is 231 Å². The number of hydrogen-bond donors (Lipinski definition) is 0. The number of carbonyl (C=O) groups excluding carboxylic acids is 2. The normalized spacial score (nSPS) is 16.8. The number of hydrogen-bond acceptors (Lipinski definition) is 2. The molecule has 4 heteroatoms. The summed E-state index contributed by atoms with van der Waals surface area (Å²) in [5.74, 6) is 0.782. The zero-order chi connectivity index (χ0) is 64.1. The quantitative estimate of drug-likeness (QED) is 0.156. The number of aryl methyl sites for hydroxylation is 3. The lowest BCUT2D eigenvalue weighted by atomic mass is 9.75. The van der Waals surface area contributed by atoms with Crippen LogP contribution in [0.1, 0.15) is 121 Å². The Morgan fingerprint density at radius 2 is 0.896 bits per heavy atom. The fraction of sp³-hybridized carbons (Fsp3) is 0.152. The summed E-state index contributed by atoms with van der Waals surface area (Å²) in [6.07, 6.45) is 7.17. The first-order valence-electron chi connectivity index (χ1n) is 34.6. The van der Waals surface area contributed by atoms with Crippen LogP contribution >= 0.6 is 0 Å². The topological polar surface area (TPSA) is 44.0 Å². The van der Waals surface area contributed by atoms with Crippen LogP contribution in [0.5, 0.6) is 0 Å². The smallest absolute Gasteiger partial charge is 0.165 e. The number of para-hydroxylation sites is 3. The van der Waals surface area contributed by atoms with Crippen LogP contribution < -0.4 is 0 Å². The maximum Gasteiger partial charge on any atom is 0.165 e. The molecule has 0 fully saturated rings. The molecule has 18 rings (SSSR count). The van der Waals surface area contributed by atoms with Crippen molar-refractivity contribution in [3.8, 4) is 33.6 Å². The zero-order valence-electron chi connectivity index (χ0n) is 54.3. The number of rotatable bonds is 6. The Hall–Kier alpha value is -10.9. The number of benzene rings is 13. The Balaban J connectivity index is 0.782. The third-order valence-electron chi connectivity index (χ3n) is 22.1. The first-order valence-corrected chi connectivity index (χ1v) is 34.6. The summed E-state index contributed by atoms with van der Waals surface area (Å²) in [6.45, 7) is 4.39. The molecule has 0 spiro atoms. The highest BCUT2D eigenvalue weighted by molar-refractivity contribution is 6.26. The largest absolute Gasteiger partial charge is 0.312 e. The van der Waals surface area contributed by atoms with E-state index >= 15 is 4.79 Å². The molecule has 3 atom stereocenters. The maximum absolute atomic E-state index is 15.6. The molecule has 3 aliphatic rings. The minimum absolute atomic E-state index is 0.0200. The molecule has 4 nitrogen and oxygen atoms in total. The van der Waals surface area contributed by atoms with E-state index < -0.39 is 0 Å². The molecule has 2 aromatic heterocycles. The van der Waals surface area contributed by atoms with Gasteiger partial charge in [-0.3, -0.25) is 9.59 Å². The van der Waals surface area contributed by atoms with Crippen LogP contribution in [-0.4, -0.2) is 20.7 Å². The molecule has 0 saturated heterocycles. The first kappa shape index (κ1) is 57.7. The number of Topliss-reactive ketones (excluding diaryl/α,β-unsaturated/α-hetero) is 2. The fourth-order valence-electron chi connectivity index (χ4n) is 17.6. The zero-order valence-corrected chi connectivity index (χ0v) is 54.3. The molecule has 3 heterocycles. The third-order valence-corrected chi connectivity index (χ3v) is 22.1. The molecule has 13 aromatic carbocycles. The predicted octanol–water partition coefficient (Wildman–Crippen LogP) is 23.2. The minimum atomic E-state index is 0.0200. The van der Waals surface area contributed by atoms with Gasteiger partial charge in [0.2, 0.25) is 0 Å². The van der Waals surface area contributed by atoms with Gasteiger partial charge in [0.25, 0.3) is 0 Å². The lowest BCUT2D eigenvalue weighted by Crippen LogP contribution is -2.18. The first-order chi connectivity index (χ1) is 47.3. The predicted molar refractivity (Wildman–Crippen MR) is 399 cm³/mol. The van der Waals surface area contributed by atoms with Crippen LogP contribution in [0.15, 0.2) is 279 Å². The second kappa shape index (κ2) is 23.5. The minimum Gasteiger partial charge on any atom is -0.312 e. The summed E-state index contributed by atoms with van der Waals surface area (Å²) in [4.78, 5) is 30.1. The van der Waals surface area contributed by atoms with E-state index in [0.717, 1.165) is 84.1 Å². The Morgan fingerprint density at radius 3 is 1.67 bits per heavy atom. The van der Waals surface area contributed by atoms with E-state index in [9.17, 15) is 4.79 Å². The van der Waals surface area contributed by atoms with E-state index in [1.165, 1.54) is 132 Å². The van der Waals surface area contributed by atoms with Gasteiger partial charge in [-0.25, -0.2) is 0 Å². The van der Waals surface area contributed by atoms with Gasteiger partial charge in [-0.1, -0.05) is 223 Å². The van der Waals surface area contributed by atoms with E-state index in [4.69, 9.17) is 0 Å². The Morgan fingerprint density at radius 1 is 0.344 bits per heavy atom. The third kappa shape index (κ3) is 9.71.